The average Bonchev–Trinajstić information content (AvgIpc) is 3.30. The Labute approximate surface area is 149 Å². The molecule has 1 N–H and O–H groups in total. The minimum Gasteiger partial charge on any atom is -0.494 e. The molecule has 0 bridgehead atoms. The van der Waals surface area contributed by atoms with Gasteiger partial charge in [0.25, 0.3) is 0 Å². The quantitative estimate of drug-likeness (QED) is 0.656. The summed E-state index contributed by atoms with van der Waals surface area (Å²) in [7, 11) is 0. The smallest absolute Gasteiger partial charge is 0.136 e. The van der Waals surface area contributed by atoms with Gasteiger partial charge >= 0.3 is 0 Å². The van der Waals surface area contributed by atoms with Crippen molar-refractivity contribution in [1.82, 2.24) is 10.5 Å². The number of rotatable bonds is 10. The van der Waals surface area contributed by atoms with E-state index in [1.165, 1.54) is 19.3 Å². The zero-order valence-corrected chi connectivity index (χ0v) is 15.0. The van der Waals surface area contributed by atoms with E-state index in [9.17, 15) is 0 Å². The number of hydrogen-bond donors (Lipinski definition) is 1. The van der Waals surface area contributed by atoms with Gasteiger partial charge in [-0.1, -0.05) is 36.6 Å². The maximum atomic E-state index is 5.82. The highest BCUT2D eigenvalue weighted by Gasteiger charge is 2.16. The predicted octanol–water partition coefficient (Wildman–Crippen LogP) is 4.17. The van der Waals surface area contributed by atoms with Crippen LogP contribution in [0.15, 0.2) is 34.9 Å². The van der Waals surface area contributed by atoms with Gasteiger partial charge in [-0.05, 0) is 37.5 Å². The fourth-order valence-corrected chi connectivity index (χ4v) is 3.03. The number of unbranched alkanes of at least 4 members (excludes halogenated alkanes) is 4. The first-order chi connectivity index (χ1) is 12.3. The van der Waals surface area contributed by atoms with Gasteiger partial charge in [0.05, 0.1) is 18.9 Å². The van der Waals surface area contributed by atoms with E-state index in [2.05, 4.69) is 22.6 Å². The molecule has 25 heavy (non-hydrogen) atoms. The summed E-state index contributed by atoms with van der Waals surface area (Å²) in [5.74, 6) is 1.94. The molecule has 0 aliphatic carbocycles. The highest BCUT2D eigenvalue weighted by Crippen LogP contribution is 2.21. The van der Waals surface area contributed by atoms with Gasteiger partial charge in [-0.2, -0.15) is 0 Å². The van der Waals surface area contributed by atoms with Crippen molar-refractivity contribution < 1.29 is 14.0 Å². The molecular formula is C20H28N2O3. The fraction of sp³-hybridized carbons (Fsp3) is 0.550. The van der Waals surface area contributed by atoms with Gasteiger partial charge in [0, 0.05) is 19.0 Å². The second kappa shape index (κ2) is 9.59. The van der Waals surface area contributed by atoms with Crippen LogP contribution in [0, 0.1) is 6.92 Å². The summed E-state index contributed by atoms with van der Waals surface area (Å²) in [5, 5.41) is 7.22. The molecule has 1 atom stereocenters. The molecule has 2 aromatic rings. The van der Waals surface area contributed by atoms with Crippen molar-refractivity contribution in [1.29, 1.82) is 0 Å². The number of aryl methyl sites for hydroxylation is 2. The van der Waals surface area contributed by atoms with E-state index in [-0.39, 0.29) is 6.23 Å². The van der Waals surface area contributed by atoms with Crippen LogP contribution in [0.25, 0.3) is 0 Å². The molecule has 1 aliphatic rings. The van der Waals surface area contributed by atoms with Crippen LogP contribution in [0.1, 0.15) is 55.3 Å². The van der Waals surface area contributed by atoms with Gasteiger partial charge in [-0.25, -0.2) is 0 Å². The van der Waals surface area contributed by atoms with Crippen molar-refractivity contribution >= 4 is 0 Å². The Morgan fingerprint density at radius 3 is 2.64 bits per heavy atom. The molecule has 136 valence electrons. The highest BCUT2D eigenvalue weighted by molar-refractivity contribution is 5.28. The molecule has 1 unspecified atom stereocenters. The summed E-state index contributed by atoms with van der Waals surface area (Å²) in [6.07, 6.45) is 6.94. The maximum absolute atomic E-state index is 5.82. The van der Waals surface area contributed by atoms with Gasteiger partial charge in [0.15, 0.2) is 0 Å². The van der Waals surface area contributed by atoms with Crippen molar-refractivity contribution in [3.63, 3.8) is 0 Å². The summed E-state index contributed by atoms with van der Waals surface area (Å²) in [6.45, 7) is 4.43. The van der Waals surface area contributed by atoms with Crippen LogP contribution >= 0.6 is 0 Å². The van der Waals surface area contributed by atoms with Crippen molar-refractivity contribution in [2.45, 2.75) is 51.7 Å². The van der Waals surface area contributed by atoms with Crippen LogP contribution in [-0.4, -0.2) is 24.9 Å². The molecule has 1 saturated heterocycles. The molecule has 2 heterocycles. The second-order valence-electron chi connectivity index (χ2n) is 6.57. The Hall–Kier alpha value is -1.85. The van der Waals surface area contributed by atoms with E-state index in [4.69, 9.17) is 14.0 Å². The third kappa shape index (κ3) is 5.87. The highest BCUT2D eigenvalue weighted by atomic mass is 16.5. The van der Waals surface area contributed by atoms with E-state index >= 15 is 0 Å². The topological polar surface area (TPSA) is 56.5 Å². The van der Waals surface area contributed by atoms with Crippen LogP contribution in [0.3, 0.4) is 0 Å². The lowest BCUT2D eigenvalue weighted by atomic mass is 10.1. The molecule has 5 nitrogen and oxygen atoms in total. The molecule has 1 fully saturated rings. The summed E-state index contributed by atoms with van der Waals surface area (Å²) < 4.78 is 16.6. The first kappa shape index (κ1) is 18.0. The van der Waals surface area contributed by atoms with Crippen molar-refractivity contribution in [3.8, 4) is 5.75 Å². The minimum absolute atomic E-state index is 0.0370. The van der Waals surface area contributed by atoms with Crippen molar-refractivity contribution in [2.24, 2.45) is 0 Å². The average molecular weight is 344 g/mol. The Morgan fingerprint density at radius 1 is 1.12 bits per heavy atom. The van der Waals surface area contributed by atoms with Gasteiger partial charge in [0.2, 0.25) is 0 Å². The summed E-state index contributed by atoms with van der Waals surface area (Å²) in [6, 6.07) is 10.2. The van der Waals surface area contributed by atoms with Crippen LogP contribution in [0.2, 0.25) is 0 Å². The third-order valence-electron chi connectivity index (χ3n) is 4.41. The standard InChI is InChI=1S/C20H28N2O3/c1-16-15-19(25-22-16)7-5-3-2-4-6-13-23-18-10-8-17(9-11-18)20-21-12-14-24-20/h8-11,15,20-21H,2-7,12-14H2,1H3. The van der Waals surface area contributed by atoms with E-state index in [0.29, 0.717) is 0 Å². The van der Waals surface area contributed by atoms with Gasteiger partial charge in [-0.15, -0.1) is 0 Å². The van der Waals surface area contributed by atoms with Gasteiger partial charge in [0.1, 0.15) is 17.7 Å². The van der Waals surface area contributed by atoms with Crippen LogP contribution in [0.5, 0.6) is 5.75 Å². The Morgan fingerprint density at radius 2 is 1.92 bits per heavy atom. The Kier molecular flexibility index (Phi) is 6.89. The lowest BCUT2D eigenvalue weighted by Crippen LogP contribution is -2.13. The molecule has 0 saturated carbocycles. The molecule has 1 aromatic heterocycles. The minimum atomic E-state index is 0.0370. The summed E-state index contributed by atoms with van der Waals surface area (Å²) >= 11 is 0. The molecule has 5 heteroatoms. The molecule has 3 rings (SSSR count). The molecule has 0 radical (unpaired) electrons. The maximum Gasteiger partial charge on any atom is 0.136 e. The van der Waals surface area contributed by atoms with E-state index < -0.39 is 0 Å². The van der Waals surface area contributed by atoms with E-state index in [0.717, 1.165) is 61.8 Å². The monoisotopic (exact) mass is 344 g/mol. The lowest BCUT2D eigenvalue weighted by Gasteiger charge is -2.11. The van der Waals surface area contributed by atoms with Gasteiger partial charge in [-0.3, -0.25) is 5.32 Å². The second-order valence-corrected chi connectivity index (χ2v) is 6.57. The zero-order chi connectivity index (χ0) is 17.3. The zero-order valence-electron chi connectivity index (χ0n) is 15.0. The SMILES string of the molecule is Cc1cc(CCCCCCCOc2ccc(C3NCCO3)cc2)on1. The van der Waals surface area contributed by atoms with E-state index in [1.807, 2.05) is 25.1 Å². The third-order valence-corrected chi connectivity index (χ3v) is 4.41. The summed E-state index contributed by atoms with van der Waals surface area (Å²) in [5.41, 5.74) is 2.12. The van der Waals surface area contributed by atoms with Crippen molar-refractivity contribution in [2.75, 3.05) is 19.8 Å². The summed E-state index contributed by atoms with van der Waals surface area (Å²) in [4.78, 5) is 0. The predicted molar refractivity (Wildman–Crippen MR) is 96.7 cm³/mol. The van der Waals surface area contributed by atoms with Crippen LogP contribution in [0.4, 0.5) is 0 Å². The van der Waals surface area contributed by atoms with Crippen LogP contribution in [-0.2, 0) is 11.2 Å². The molecule has 0 spiro atoms. The molecule has 1 aliphatic heterocycles. The first-order valence-electron chi connectivity index (χ1n) is 9.31. The first-order valence-corrected chi connectivity index (χ1v) is 9.31. The molecular weight excluding hydrogens is 316 g/mol. The lowest BCUT2D eigenvalue weighted by molar-refractivity contribution is 0.102. The number of nitrogens with zero attached hydrogens (tertiary/aromatic N) is 1. The number of hydrogen-bond acceptors (Lipinski definition) is 5. The Balaban J connectivity index is 1.22. The number of benzene rings is 1. The van der Waals surface area contributed by atoms with Crippen molar-refractivity contribution in [3.05, 3.63) is 47.3 Å². The number of ether oxygens (including phenoxy) is 2. The van der Waals surface area contributed by atoms with Crippen LogP contribution < -0.4 is 10.1 Å². The van der Waals surface area contributed by atoms with Gasteiger partial charge < -0.3 is 14.0 Å². The normalized spacial score (nSPS) is 17.1. The van der Waals surface area contributed by atoms with E-state index in [1.54, 1.807) is 0 Å². The number of aromatic nitrogens is 1. The Bertz CT molecular complexity index is 618. The molecule has 0 amide bonds. The largest absolute Gasteiger partial charge is 0.494 e. The number of nitrogens with one attached hydrogen (secondary N) is 1. The fourth-order valence-electron chi connectivity index (χ4n) is 3.03. The molecule has 1 aromatic carbocycles.